The van der Waals surface area contributed by atoms with Gasteiger partial charge in [0.2, 0.25) is 0 Å². The van der Waals surface area contributed by atoms with E-state index in [4.69, 9.17) is 9.84 Å². The number of carbonyl (C=O) groups is 1. The third-order valence-corrected chi connectivity index (χ3v) is 2.32. The minimum Gasteiger partial charge on any atom is -0.496 e. The van der Waals surface area contributed by atoms with E-state index in [1.54, 1.807) is 18.2 Å². The summed E-state index contributed by atoms with van der Waals surface area (Å²) in [6.45, 7) is 0. The predicted molar refractivity (Wildman–Crippen MR) is 69.7 cm³/mol. The van der Waals surface area contributed by atoms with Crippen LogP contribution in [0.4, 0.5) is 0 Å². The molecule has 0 heterocycles. The molecule has 3 nitrogen and oxygen atoms in total. The number of carboxylic acids is 1. The third kappa shape index (κ3) is 4.41. The van der Waals surface area contributed by atoms with E-state index >= 15 is 0 Å². The lowest BCUT2D eigenvalue weighted by molar-refractivity contribution is -0.136. The van der Waals surface area contributed by atoms with Crippen molar-refractivity contribution in [1.82, 2.24) is 0 Å². The van der Waals surface area contributed by atoms with Gasteiger partial charge in [0.05, 0.1) is 13.5 Å². The average Bonchev–Trinajstić information content (AvgIpc) is 2.30. The number of ether oxygens (including phenoxy) is 1. The molecule has 0 bridgehead atoms. The predicted octanol–water partition coefficient (Wildman–Crippen LogP) is 1.99. The van der Waals surface area contributed by atoms with Gasteiger partial charge in [0.1, 0.15) is 5.75 Å². The maximum absolute atomic E-state index is 10.6. The standard InChI is InChI=1S/C13H14O3S/c1-16-12-8-10(4-2-3-7-17)5-6-11(12)9-13(14)15/h5-6,8,17H,3,7,9H2,1H3,(H,14,15). The number of thiol groups is 1. The van der Waals surface area contributed by atoms with Crippen molar-refractivity contribution in [3.8, 4) is 17.6 Å². The van der Waals surface area contributed by atoms with E-state index in [1.165, 1.54) is 7.11 Å². The van der Waals surface area contributed by atoms with Crippen molar-refractivity contribution in [2.75, 3.05) is 12.9 Å². The first kappa shape index (κ1) is 13.5. The molecular formula is C13H14O3S. The van der Waals surface area contributed by atoms with Crippen molar-refractivity contribution >= 4 is 18.6 Å². The van der Waals surface area contributed by atoms with Crippen LogP contribution in [0.5, 0.6) is 5.75 Å². The highest BCUT2D eigenvalue weighted by Crippen LogP contribution is 2.20. The molecular weight excluding hydrogens is 236 g/mol. The number of hydrogen-bond acceptors (Lipinski definition) is 3. The highest BCUT2D eigenvalue weighted by atomic mass is 32.1. The quantitative estimate of drug-likeness (QED) is 0.634. The van der Waals surface area contributed by atoms with Crippen LogP contribution in [0.1, 0.15) is 17.5 Å². The number of rotatable bonds is 4. The van der Waals surface area contributed by atoms with E-state index in [2.05, 4.69) is 24.5 Å². The summed E-state index contributed by atoms with van der Waals surface area (Å²) in [7, 11) is 1.52. The zero-order valence-corrected chi connectivity index (χ0v) is 10.5. The molecule has 0 amide bonds. The maximum Gasteiger partial charge on any atom is 0.307 e. The van der Waals surface area contributed by atoms with Crippen LogP contribution in [0, 0.1) is 11.8 Å². The lowest BCUT2D eigenvalue weighted by Gasteiger charge is -2.06. The Balaban J connectivity index is 2.93. The molecule has 1 aromatic carbocycles. The van der Waals surface area contributed by atoms with Crippen molar-refractivity contribution < 1.29 is 14.6 Å². The second-order valence-corrected chi connectivity index (χ2v) is 3.82. The lowest BCUT2D eigenvalue weighted by Crippen LogP contribution is -2.02. The molecule has 0 aromatic heterocycles. The Morgan fingerprint density at radius 1 is 1.53 bits per heavy atom. The zero-order chi connectivity index (χ0) is 12.7. The van der Waals surface area contributed by atoms with Gasteiger partial charge in [-0.15, -0.1) is 0 Å². The third-order valence-electron chi connectivity index (χ3n) is 2.10. The molecule has 0 aliphatic heterocycles. The molecule has 0 fully saturated rings. The molecule has 1 aromatic rings. The van der Waals surface area contributed by atoms with Gasteiger partial charge in [-0.05, 0) is 12.1 Å². The number of benzene rings is 1. The van der Waals surface area contributed by atoms with Crippen molar-refractivity contribution in [2.45, 2.75) is 12.8 Å². The Morgan fingerprint density at radius 2 is 2.29 bits per heavy atom. The molecule has 1 rings (SSSR count). The van der Waals surface area contributed by atoms with Crippen LogP contribution >= 0.6 is 12.6 Å². The molecule has 0 saturated heterocycles. The molecule has 0 atom stereocenters. The maximum atomic E-state index is 10.6. The SMILES string of the molecule is COc1cc(C#CCCS)ccc1CC(=O)O. The van der Waals surface area contributed by atoms with Gasteiger partial charge in [0.15, 0.2) is 0 Å². The summed E-state index contributed by atoms with van der Waals surface area (Å²) in [5.74, 6) is 6.35. The van der Waals surface area contributed by atoms with Gasteiger partial charge < -0.3 is 9.84 Å². The fourth-order valence-corrected chi connectivity index (χ4v) is 1.46. The number of methoxy groups -OCH3 is 1. The van der Waals surface area contributed by atoms with Crippen LogP contribution < -0.4 is 4.74 Å². The Kier molecular flexibility index (Phi) is 5.44. The minimum atomic E-state index is -0.878. The second kappa shape index (κ2) is 6.87. The summed E-state index contributed by atoms with van der Waals surface area (Å²) in [5.41, 5.74) is 1.47. The number of hydrogen-bond donors (Lipinski definition) is 2. The fourth-order valence-electron chi connectivity index (χ4n) is 1.35. The van der Waals surface area contributed by atoms with Gasteiger partial charge in [-0.2, -0.15) is 12.6 Å². The van der Waals surface area contributed by atoms with E-state index in [9.17, 15) is 4.79 Å². The molecule has 0 saturated carbocycles. The topological polar surface area (TPSA) is 46.5 Å². The van der Waals surface area contributed by atoms with E-state index in [0.29, 0.717) is 11.3 Å². The first-order valence-electron chi connectivity index (χ1n) is 5.16. The highest BCUT2D eigenvalue weighted by Gasteiger charge is 2.07. The largest absolute Gasteiger partial charge is 0.496 e. The Hall–Kier alpha value is -1.60. The van der Waals surface area contributed by atoms with Crippen molar-refractivity contribution in [3.63, 3.8) is 0 Å². The Morgan fingerprint density at radius 3 is 2.88 bits per heavy atom. The van der Waals surface area contributed by atoms with Crippen LogP contribution in [0.15, 0.2) is 18.2 Å². The second-order valence-electron chi connectivity index (χ2n) is 3.37. The smallest absolute Gasteiger partial charge is 0.307 e. The van der Waals surface area contributed by atoms with Crippen molar-refractivity contribution in [3.05, 3.63) is 29.3 Å². The lowest BCUT2D eigenvalue weighted by atomic mass is 10.1. The van der Waals surface area contributed by atoms with E-state index in [-0.39, 0.29) is 6.42 Å². The van der Waals surface area contributed by atoms with Crippen LogP contribution in [0.3, 0.4) is 0 Å². The van der Waals surface area contributed by atoms with Crippen LogP contribution in [0.2, 0.25) is 0 Å². The monoisotopic (exact) mass is 250 g/mol. The first-order valence-corrected chi connectivity index (χ1v) is 5.79. The molecule has 4 heteroatoms. The average molecular weight is 250 g/mol. The Labute approximate surface area is 106 Å². The van der Waals surface area contributed by atoms with E-state index < -0.39 is 5.97 Å². The fraction of sp³-hybridized carbons (Fsp3) is 0.308. The molecule has 1 N–H and O–H groups in total. The van der Waals surface area contributed by atoms with Crippen molar-refractivity contribution in [1.29, 1.82) is 0 Å². The molecule has 0 unspecified atom stereocenters. The van der Waals surface area contributed by atoms with Crippen LogP contribution in [0.25, 0.3) is 0 Å². The van der Waals surface area contributed by atoms with Crippen LogP contribution in [-0.2, 0) is 11.2 Å². The molecule has 0 aliphatic carbocycles. The van der Waals surface area contributed by atoms with Gasteiger partial charge >= 0.3 is 5.97 Å². The van der Waals surface area contributed by atoms with E-state index in [0.717, 1.165) is 17.7 Å². The molecule has 0 aliphatic rings. The first-order chi connectivity index (χ1) is 8.17. The summed E-state index contributed by atoms with van der Waals surface area (Å²) < 4.78 is 5.15. The summed E-state index contributed by atoms with van der Waals surface area (Å²) >= 11 is 4.07. The minimum absolute atomic E-state index is 0.0481. The van der Waals surface area contributed by atoms with Gasteiger partial charge in [-0.3, -0.25) is 4.79 Å². The van der Waals surface area contributed by atoms with Gasteiger partial charge in [-0.1, -0.05) is 17.9 Å². The molecule has 0 radical (unpaired) electrons. The van der Waals surface area contributed by atoms with Gasteiger partial charge in [0.25, 0.3) is 0 Å². The van der Waals surface area contributed by atoms with Crippen LogP contribution in [-0.4, -0.2) is 23.9 Å². The summed E-state index contributed by atoms with van der Waals surface area (Å²) in [5, 5.41) is 8.74. The van der Waals surface area contributed by atoms with Gasteiger partial charge in [0, 0.05) is 23.3 Å². The highest BCUT2D eigenvalue weighted by molar-refractivity contribution is 7.80. The zero-order valence-electron chi connectivity index (χ0n) is 9.56. The molecule has 17 heavy (non-hydrogen) atoms. The summed E-state index contributed by atoms with van der Waals surface area (Å²) in [4.78, 5) is 10.6. The molecule has 0 spiro atoms. The molecule has 90 valence electrons. The number of carboxylic acid groups (broad SMARTS) is 1. The number of aliphatic carboxylic acids is 1. The van der Waals surface area contributed by atoms with E-state index in [1.807, 2.05) is 0 Å². The summed E-state index contributed by atoms with van der Waals surface area (Å²) in [6.07, 6.45) is 0.676. The normalized spacial score (nSPS) is 9.29. The Bertz CT molecular complexity index is 457. The summed E-state index contributed by atoms with van der Waals surface area (Å²) in [6, 6.07) is 5.29. The van der Waals surface area contributed by atoms with Crippen molar-refractivity contribution in [2.24, 2.45) is 0 Å². The van der Waals surface area contributed by atoms with Gasteiger partial charge in [-0.25, -0.2) is 0 Å².